The van der Waals surface area contributed by atoms with E-state index in [-0.39, 0.29) is 25.1 Å². The molecule has 1 amide bonds. The third kappa shape index (κ3) is 2.54. The Hall–Kier alpha value is -1.86. The Labute approximate surface area is 121 Å². The van der Waals surface area contributed by atoms with Crippen LogP contribution in [0, 0.1) is 5.82 Å². The second-order valence-corrected chi connectivity index (χ2v) is 5.20. The van der Waals surface area contributed by atoms with E-state index in [0.29, 0.717) is 24.5 Å². The van der Waals surface area contributed by atoms with E-state index in [2.05, 4.69) is 0 Å². The van der Waals surface area contributed by atoms with Crippen molar-refractivity contribution in [1.82, 2.24) is 0 Å². The highest BCUT2D eigenvalue weighted by Gasteiger charge is 2.33. The molecular weight excluding hydrogens is 279 g/mol. The van der Waals surface area contributed by atoms with Crippen molar-refractivity contribution in [3.8, 4) is 0 Å². The molecule has 7 heteroatoms. The zero-order valence-electron chi connectivity index (χ0n) is 11.7. The second kappa shape index (κ2) is 5.50. The average molecular weight is 296 g/mol. The molecule has 114 valence electrons. The Balaban J connectivity index is 1.74. The van der Waals surface area contributed by atoms with Crippen molar-refractivity contribution < 1.29 is 23.8 Å². The summed E-state index contributed by atoms with van der Waals surface area (Å²) in [7, 11) is 1.64. The van der Waals surface area contributed by atoms with Crippen molar-refractivity contribution >= 4 is 17.5 Å². The highest BCUT2D eigenvalue weighted by Crippen LogP contribution is 2.30. The van der Waals surface area contributed by atoms with Gasteiger partial charge in [-0.15, -0.1) is 0 Å². The molecule has 1 atom stereocenters. The van der Waals surface area contributed by atoms with Crippen molar-refractivity contribution in [3.05, 3.63) is 24.0 Å². The second-order valence-electron chi connectivity index (χ2n) is 5.20. The predicted molar refractivity (Wildman–Crippen MR) is 74.1 cm³/mol. The van der Waals surface area contributed by atoms with Crippen LogP contribution in [0.5, 0.6) is 0 Å². The van der Waals surface area contributed by atoms with E-state index in [4.69, 9.17) is 14.6 Å². The first-order chi connectivity index (χ1) is 10.1. The summed E-state index contributed by atoms with van der Waals surface area (Å²) in [4.78, 5) is 14.9. The Morgan fingerprint density at radius 3 is 2.76 bits per heavy atom. The lowest BCUT2D eigenvalue weighted by molar-refractivity contribution is 0.0784. The maximum absolute atomic E-state index is 14.2. The van der Waals surface area contributed by atoms with Gasteiger partial charge in [0.25, 0.3) is 0 Å². The quantitative estimate of drug-likeness (QED) is 0.897. The fourth-order valence-electron chi connectivity index (χ4n) is 2.53. The van der Waals surface area contributed by atoms with Gasteiger partial charge in [-0.1, -0.05) is 0 Å². The molecule has 2 heterocycles. The fraction of sp³-hybridized carbons (Fsp3) is 0.500. The van der Waals surface area contributed by atoms with Gasteiger partial charge in [0.2, 0.25) is 0 Å². The summed E-state index contributed by atoms with van der Waals surface area (Å²) >= 11 is 0. The van der Waals surface area contributed by atoms with E-state index in [0.717, 1.165) is 0 Å². The summed E-state index contributed by atoms with van der Waals surface area (Å²) < 4.78 is 24.3. The van der Waals surface area contributed by atoms with Crippen LogP contribution in [-0.4, -0.2) is 56.8 Å². The zero-order valence-corrected chi connectivity index (χ0v) is 11.7. The number of anilines is 2. The van der Waals surface area contributed by atoms with Gasteiger partial charge in [0.1, 0.15) is 11.9 Å². The molecule has 0 aromatic heterocycles. The Morgan fingerprint density at radius 1 is 1.43 bits per heavy atom. The molecule has 6 nitrogen and oxygen atoms in total. The van der Waals surface area contributed by atoms with Gasteiger partial charge in [0, 0.05) is 20.2 Å². The van der Waals surface area contributed by atoms with Gasteiger partial charge in [-0.25, -0.2) is 9.18 Å². The minimum atomic E-state index is -0.565. The number of halogens is 1. The van der Waals surface area contributed by atoms with Crippen LogP contribution in [0.25, 0.3) is 0 Å². The standard InChI is InChI=1S/C14H17FN2O4/c1-20-10-5-16(6-10)13-3-2-9(4-12(13)15)17-7-11(8-18)21-14(17)19/h2-4,10-11,18H,5-8H2,1H3. The Kier molecular flexibility index (Phi) is 3.69. The van der Waals surface area contributed by atoms with Crippen LogP contribution in [-0.2, 0) is 9.47 Å². The summed E-state index contributed by atoms with van der Waals surface area (Å²) in [6, 6.07) is 4.64. The van der Waals surface area contributed by atoms with Crippen LogP contribution in [0.15, 0.2) is 18.2 Å². The van der Waals surface area contributed by atoms with Crippen LogP contribution in [0.3, 0.4) is 0 Å². The first-order valence-electron chi connectivity index (χ1n) is 6.78. The van der Waals surface area contributed by atoms with E-state index < -0.39 is 12.2 Å². The molecule has 21 heavy (non-hydrogen) atoms. The smallest absolute Gasteiger partial charge is 0.414 e. The Bertz CT molecular complexity index is 548. The van der Waals surface area contributed by atoms with Gasteiger partial charge in [-0.2, -0.15) is 0 Å². The number of nitrogens with zero attached hydrogens (tertiary/aromatic N) is 2. The number of rotatable bonds is 4. The molecule has 0 radical (unpaired) electrons. The Morgan fingerprint density at radius 2 is 2.19 bits per heavy atom. The largest absolute Gasteiger partial charge is 0.441 e. The molecule has 1 N–H and O–H groups in total. The van der Waals surface area contributed by atoms with Crippen molar-refractivity contribution in [2.24, 2.45) is 0 Å². The monoisotopic (exact) mass is 296 g/mol. The first-order valence-corrected chi connectivity index (χ1v) is 6.78. The lowest BCUT2D eigenvalue weighted by Gasteiger charge is -2.40. The topological polar surface area (TPSA) is 62.2 Å². The van der Waals surface area contributed by atoms with Gasteiger partial charge >= 0.3 is 6.09 Å². The van der Waals surface area contributed by atoms with Crippen LogP contribution < -0.4 is 9.80 Å². The van der Waals surface area contributed by atoms with Gasteiger partial charge in [0.05, 0.1) is 30.6 Å². The van der Waals surface area contributed by atoms with Gasteiger partial charge in [-0.3, -0.25) is 4.90 Å². The van der Waals surface area contributed by atoms with Gasteiger partial charge < -0.3 is 19.5 Å². The summed E-state index contributed by atoms with van der Waals surface area (Å²) in [6.45, 7) is 1.30. The molecule has 0 bridgehead atoms. The number of cyclic esters (lactones) is 1. The molecular formula is C14H17FN2O4. The molecule has 1 aromatic rings. The molecule has 0 spiro atoms. The SMILES string of the molecule is COC1CN(c2ccc(N3CC(CO)OC3=O)cc2F)C1. The van der Waals surface area contributed by atoms with Crippen LogP contribution >= 0.6 is 0 Å². The van der Waals surface area contributed by atoms with Crippen molar-refractivity contribution in [2.75, 3.05) is 43.2 Å². The molecule has 0 saturated carbocycles. The lowest BCUT2D eigenvalue weighted by atomic mass is 10.1. The van der Waals surface area contributed by atoms with E-state index in [9.17, 15) is 9.18 Å². The van der Waals surface area contributed by atoms with E-state index >= 15 is 0 Å². The van der Waals surface area contributed by atoms with Crippen LogP contribution in [0.1, 0.15) is 0 Å². The van der Waals surface area contributed by atoms with Crippen LogP contribution in [0.4, 0.5) is 20.6 Å². The number of ether oxygens (including phenoxy) is 2. The van der Waals surface area contributed by atoms with Crippen molar-refractivity contribution in [1.29, 1.82) is 0 Å². The number of aliphatic hydroxyl groups is 1. The molecule has 1 unspecified atom stereocenters. The van der Waals surface area contributed by atoms with Gasteiger partial charge in [0.15, 0.2) is 0 Å². The summed E-state index contributed by atoms with van der Waals surface area (Å²) in [5.41, 5.74) is 0.930. The summed E-state index contributed by atoms with van der Waals surface area (Å²) in [6.07, 6.45) is -0.981. The molecule has 2 saturated heterocycles. The highest BCUT2D eigenvalue weighted by molar-refractivity contribution is 5.90. The number of hydrogen-bond acceptors (Lipinski definition) is 5. The molecule has 1 aromatic carbocycles. The average Bonchev–Trinajstić information content (AvgIpc) is 2.80. The molecule has 2 aliphatic heterocycles. The molecule has 3 rings (SSSR count). The predicted octanol–water partition coefficient (Wildman–Crippen LogP) is 0.978. The fourth-order valence-corrected chi connectivity index (χ4v) is 2.53. The first kappa shape index (κ1) is 14.1. The number of carbonyl (C=O) groups excluding carboxylic acids is 1. The minimum absolute atomic E-state index is 0.142. The maximum Gasteiger partial charge on any atom is 0.414 e. The van der Waals surface area contributed by atoms with Crippen molar-refractivity contribution in [3.63, 3.8) is 0 Å². The third-order valence-corrected chi connectivity index (χ3v) is 3.84. The molecule has 0 aliphatic carbocycles. The normalized spacial score (nSPS) is 22.4. The lowest BCUT2D eigenvalue weighted by Crippen LogP contribution is -2.52. The van der Waals surface area contributed by atoms with Crippen molar-refractivity contribution in [2.45, 2.75) is 12.2 Å². The zero-order chi connectivity index (χ0) is 15.0. The van der Waals surface area contributed by atoms with Crippen LogP contribution in [0.2, 0.25) is 0 Å². The third-order valence-electron chi connectivity index (χ3n) is 3.84. The highest BCUT2D eigenvalue weighted by atomic mass is 19.1. The number of hydrogen-bond donors (Lipinski definition) is 1. The summed E-state index contributed by atoms with van der Waals surface area (Å²) in [5.74, 6) is -0.387. The van der Waals surface area contributed by atoms with Gasteiger partial charge in [-0.05, 0) is 18.2 Å². The number of amides is 1. The number of aliphatic hydroxyl groups excluding tert-OH is 1. The van der Waals surface area contributed by atoms with E-state index in [1.54, 1.807) is 19.2 Å². The minimum Gasteiger partial charge on any atom is -0.441 e. The number of benzene rings is 1. The molecule has 2 fully saturated rings. The number of carbonyl (C=O) groups is 1. The summed E-state index contributed by atoms with van der Waals surface area (Å²) in [5, 5.41) is 9.01. The maximum atomic E-state index is 14.2. The van der Waals surface area contributed by atoms with E-state index in [1.807, 2.05) is 4.90 Å². The van der Waals surface area contributed by atoms with E-state index in [1.165, 1.54) is 11.0 Å². The number of methoxy groups -OCH3 is 1. The molecule has 2 aliphatic rings.